The first-order chi connectivity index (χ1) is 10.1. The molecule has 0 aromatic heterocycles. The SMILES string of the molecule is CC(C)Oc1ccc(C2=CC=CN3CCS(=O)N=C23)cc1. The van der Waals surface area contributed by atoms with Crippen molar-refractivity contribution in [1.82, 2.24) is 4.90 Å². The van der Waals surface area contributed by atoms with Crippen molar-refractivity contribution in [1.29, 1.82) is 0 Å². The number of allylic oxidation sites excluding steroid dienone is 2. The smallest absolute Gasteiger partial charge is 0.151 e. The Hall–Kier alpha value is -1.88. The molecule has 110 valence electrons. The summed E-state index contributed by atoms with van der Waals surface area (Å²) in [5.41, 5.74) is 2.06. The summed E-state index contributed by atoms with van der Waals surface area (Å²) >= 11 is 0. The van der Waals surface area contributed by atoms with Gasteiger partial charge in [0.2, 0.25) is 0 Å². The van der Waals surface area contributed by atoms with Crippen molar-refractivity contribution < 1.29 is 8.95 Å². The first-order valence-corrected chi connectivity index (χ1v) is 8.31. The van der Waals surface area contributed by atoms with Gasteiger partial charge in [-0.05, 0) is 43.7 Å². The molecule has 21 heavy (non-hydrogen) atoms. The van der Waals surface area contributed by atoms with Crippen LogP contribution < -0.4 is 4.74 Å². The Labute approximate surface area is 127 Å². The van der Waals surface area contributed by atoms with Crippen molar-refractivity contribution in [2.24, 2.45) is 4.40 Å². The van der Waals surface area contributed by atoms with Crippen LogP contribution in [0.1, 0.15) is 19.4 Å². The van der Waals surface area contributed by atoms with Gasteiger partial charge in [0, 0.05) is 18.3 Å². The minimum Gasteiger partial charge on any atom is -0.491 e. The van der Waals surface area contributed by atoms with E-state index in [0.29, 0.717) is 5.75 Å². The summed E-state index contributed by atoms with van der Waals surface area (Å²) in [6.45, 7) is 4.76. The third-order valence-corrected chi connectivity index (χ3v) is 4.18. The Morgan fingerprint density at radius 3 is 2.76 bits per heavy atom. The molecular weight excluding hydrogens is 284 g/mol. The summed E-state index contributed by atoms with van der Waals surface area (Å²) in [5.74, 6) is 2.23. The molecule has 2 aliphatic heterocycles. The maximum Gasteiger partial charge on any atom is 0.151 e. The zero-order valence-electron chi connectivity index (χ0n) is 12.2. The highest BCUT2D eigenvalue weighted by Gasteiger charge is 2.23. The van der Waals surface area contributed by atoms with Gasteiger partial charge in [0.15, 0.2) is 5.84 Å². The fourth-order valence-electron chi connectivity index (χ4n) is 2.35. The minimum atomic E-state index is -1.12. The van der Waals surface area contributed by atoms with Crippen molar-refractivity contribution in [2.45, 2.75) is 20.0 Å². The number of nitrogens with zero attached hydrogens (tertiary/aromatic N) is 2. The molecule has 0 radical (unpaired) electrons. The number of hydrogen-bond acceptors (Lipinski definition) is 3. The van der Waals surface area contributed by atoms with Crippen LogP contribution >= 0.6 is 0 Å². The Balaban J connectivity index is 1.90. The molecular formula is C16H18N2O2S. The quantitative estimate of drug-likeness (QED) is 0.862. The largest absolute Gasteiger partial charge is 0.491 e. The summed E-state index contributed by atoms with van der Waals surface area (Å²) < 4.78 is 21.7. The first kappa shape index (κ1) is 14.1. The Morgan fingerprint density at radius 1 is 1.29 bits per heavy atom. The molecule has 1 aromatic carbocycles. The predicted molar refractivity (Wildman–Crippen MR) is 86.5 cm³/mol. The maximum atomic E-state index is 11.7. The molecule has 0 saturated carbocycles. The Morgan fingerprint density at radius 2 is 2.05 bits per heavy atom. The van der Waals surface area contributed by atoms with Crippen molar-refractivity contribution in [3.63, 3.8) is 0 Å². The van der Waals surface area contributed by atoms with Crippen LogP contribution in [-0.4, -0.2) is 33.3 Å². The average molecular weight is 302 g/mol. The standard InChI is InChI=1S/C16H18N2O2S/c1-12(2)20-14-7-5-13(6-8-14)15-4-3-9-18-10-11-21(19)17-16(15)18/h3-9,12H,10-11H2,1-2H3. The average Bonchev–Trinajstić information content (AvgIpc) is 2.47. The van der Waals surface area contributed by atoms with E-state index in [1.807, 2.05) is 56.5 Å². The molecule has 3 rings (SSSR count). The number of ether oxygens (including phenoxy) is 1. The topological polar surface area (TPSA) is 41.9 Å². The minimum absolute atomic E-state index is 0.160. The second kappa shape index (κ2) is 5.85. The molecule has 0 aliphatic carbocycles. The lowest BCUT2D eigenvalue weighted by Crippen LogP contribution is -2.35. The zero-order valence-corrected chi connectivity index (χ0v) is 13.0. The molecule has 5 heteroatoms. The van der Waals surface area contributed by atoms with Crippen molar-refractivity contribution >= 4 is 22.4 Å². The number of amidine groups is 1. The molecule has 4 nitrogen and oxygen atoms in total. The molecule has 1 aromatic rings. The normalized spacial score (nSPS) is 20.9. The number of hydrogen-bond donors (Lipinski definition) is 0. The number of benzene rings is 1. The molecule has 0 bridgehead atoms. The summed E-state index contributed by atoms with van der Waals surface area (Å²) in [6.07, 6.45) is 6.15. The first-order valence-electron chi connectivity index (χ1n) is 7.03. The second-order valence-corrected chi connectivity index (χ2v) is 6.48. The highest BCUT2D eigenvalue weighted by Crippen LogP contribution is 2.26. The highest BCUT2D eigenvalue weighted by molar-refractivity contribution is 7.83. The molecule has 0 amide bonds. The van der Waals surface area contributed by atoms with Gasteiger partial charge in [0.25, 0.3) is 0 Å². The van der Waals surface area contributed by atoms with Crippen LogP contribution in [0.15, 0.2) is 47.0 Å². The lowest BCUT2D eigenvalue weighted by Gasteiger charge is -2.29. The maximum absolute atomic E-state index is 11.7. The van der Waals surface area contributed by atoms with E-state index in [-0.39, 0.29) is 6.10 Å². The van der Waals surface area contributed by atoms with Crippen LogP contribution in [0.25, 0.3) is 5.57 Å². The van der Waals surface area contributed by atoms with Gasteiger partial charge >= 0.3 is 0 Å². The van der Waals surface area contributed by atoms with Gasteiger partial charge in [-0.2, -0.15) is 4.40 Å². The zero-order chi connectivity index (χ0) is 14.8. The van der Waals surface area contributed by atoms with Gasteiger partial charge in [0.05, 0.1) is 11.9 Å². The van der Waals surface area contributed by atoms with Crippen molar-refractivity contribution in [2.75, 3.05) is 12.3 Å². The summed E-state index contributed by atoms with van der Waals surface area (Å²) in [5, 5.41) is 0. The molecule has 2 heterocycles. The molecule has 0 N–H and O–H groups in total. The fourth-order valence-corrected chi connectivity index (χ4v) is 3.19. The van der Waals surface area contributed by atoms with Crippen LogP contribution in [0.5, 0.6) is 5.75 Å². The lowest BCUT2D eigenvalue weighted by molar-refractivity contribution is 0.242. The van der Waals surface area contributed by atoms with E-state index in [9.17, 15) is 4.21 Å². The van der Waals surface area contributed by atoms with Crippen LogP contribution in [0.3, 0.4) is 0 Å². The highest BCUT2D eigenvalue weighted by atomic mass is 32.2. The second-order valence-electron chi connectivity index (χ2n) is 5.25. The van der Waals surface area contributed by atoms with E-state index in [1.54, 1.807) is 0 Å². The van der Waals surface area contributed by atoms with Crippen LogP contribution in [0, 0.1) is 0 Å². The number of fused-ring (bicyclic) bond motifs is 1. The monoisotopic (exact) mass is 302 g/mol. The van der Waals surface area contributed by atoms with Crippen LogP contribution in [0.4, 0.5) is 0 Å². The molecule has 0 fully saturated rings. The third-order valence-electron chi connectivity index (χ3n) is 3.27. The summed E-state index contributed by atoms with van der Waals surface area (Å²) in [7, 11) is -1.12. The molecule has 0 saturated heterocycles. The van der Waals surface area contributed by atoms with Gasteiger partial charge in [-0.1, -0.05) is 12.1 Å². The van der Waals surface area contributed by atoms with E-state index in [1.165, 1.54) is 0 Å². The van der Waals surface area contributed by atoms with Gasteiger partial charge in [-0.25, -0.2) is 4.21 Å². The molecule has 2 aliphatic rings. The summed E-state index contributed by atoms with van der Waals surface area (Å²) in [4.78, 5) is 2.05. The van der Waals surface area contributed by atoms with E-state index in [2.05, 4.69) is 9.30 Å². The van der Waals surface area contributed by atoms with E-state index >= 15 is 0 Å². The van der Waals surface area contributed by atoms with Gasteiger partial charge in [-0.15, -0.1) is 0 Å². The van der Waals surface area contributed by atoms with Crippen LogP contribution in [0.2, 0.25) is 0 Å². The summed E-state index contributed by atoms with van der Waals surface area (Å²) in [6, 6.07) is 7.94. The van der Waals surface area contributed by atoms with E-state index < -0.39 is 11.0 Å². The van der Waals surface area contributed by atoms with Crippen molar-refractivity contribution in [3.05, 3.63) is 48.2 Å². The third kappa shape index (κ3) is 3.08. The fraction of sp³-hybridized carbons (Fsp3) is 0.312. The van der Waals surface area contributed by atoms with E-state index in [4.69, 9.17) is 4.74 Å². The van der Waals surface area contributed by atoms with E-state index in [0.717, 1.165) is 29.3 Å². The molecule has 1 atom stereocenters. The Bertz CT molecular complexity index is 645. The lowest BCUT2D eigenvalue weighted by atomic mass is 10.0. The van der Waals surface area contributed by atoms with Crippen LogP contribution in [-0.2, 0) is 11.0 Å². The molecule has 0 spiro atoms. The van der Waals surface area contributed by atoms with Gasteiger partial charge in [0.1, 0.15) is 16.7 Å². The molecule has 1 unspecified atom stereocenters. The Kier molecular flexibility index (Phi) is 3.92. The predicted octanol–water partition coefficient (Wildman–Crippen LogP) is 2.76. The van der Waals surface area contributed by atoms with Crippen molar-refractivity contribution in [3.8, 4) is 5.75 Å². The van der Waals surface area contributed by atoms with Gasteiger partial charge in [-0.3, -0.25) is 0 Å². The number of rotatable bonds is 3. The van der Waals surface area contributed by atoms with Gasteiger partial charge < -0.3 is 9.64 Å².